The van der Waals surface area contributed by atoms with Crippen LogP contribution in [0.3, 0.4) is 0 Å². The summed E-state index contributed by atoms with van der Waals surface area (Å²) in [5.74, 6) is 5.98. The summed E-state index contributed by atoms with van der Waals surface area (Å²) in [5.41, 5.74) is 7.83. The summed E-state index contributed by atoms with van der Waals surface area (Å²) < 4.78 is 0.767. The number of piperidine rings is 1. The van der Waals surface area contributed by atoms with Gasteiger partial charge in [0.05, 0.1) is 10.4 Å². The predicted octanol–water partition coefficient (Wildman–Crippen LogP) is 0.615. The van der Waals surface area contributed by atoms with Crippen molar-refractivity contribution in [3.8, 4) is 0 Å². The van der Waals surface area contributed by atoms with E-state index in [4.69, 9.17) is 11.6 Å². The van der Waals surface area contributed by atoms with Crippen molar-refractivity contribution in [1.82, 2.24) is 9.97 Å². The summed E-state index contributed by atoms with van der Waals surface area (Å²) in [5, 5.41) is 0. The summed E-state index contributed by atoms with van der Waals surface area (Å²) in [7, 11) is 0. The van der Waals surface area contributed by atoms with Gasteiger partial charge < -0.3 is 10.6 Å². The Kier molecular flexibility index (Phi) is 4.20. The molecule has 2 unspecified atom stereocenters. The average Bonchev–Trinajstić information content (AvgIpc) is 2.40. The molecule has 1 fully saturated rings. The maximum absolute atomic E-state index is 11.4. The minimum atomic E-state index is -0.265. The second-order valence-electron chi connectivity index (χ2n) is 4.69. The highest BCUT2D eigenvalue weighted by molar-refractivity contribution is 9.10. The van der Waals surface area contributed by atoms with Gasteiger partial charge in [0.25, 0.3) is 0 Å². The molecule has 2 rings (SSSR count). The number of hydrogen-bond acceptors (Lipinski definition) is 6. The zero-order valence-electron chi connectivity index (χ0n) is 10.6. The molecule has 1 amide bonds. The van der Waals surface area contributed by atoms with Crippen LogP contribution in [0.1, 0.15) is 19.8 Å². The van der Waals surface area contributed by atoms with Crippen molar-refractivity contribution in [2.24, 2.45) is 17.5 Å². The van der Waals surface area contributed by atoms with Gasteiger partial charge in [-0.3, -0.25) is 10.2 Å². The summed E-state index contributed by atoms with van der Waals surface area (Å²) >= 11 is 3.43. The number of amides is 1. The Morgan fingerprint density at radius 2 is 2.32 bits per heavy atom. The number of hydrogen-bond donors (Lipinski definition) is 3. The van der Waals surface area contributed by atoms with Crippen molar-refractivity contribution in [3.05, 3.63) is 10.7 Å². The summed E-state index contributed by atoms with van der Waals surface area (Å²) in [4.78, 5) is 21.8. The van der Waals surface area contributed by atoms with E-state index in [0.29, 0.717) is 12.5 Å². The van der Waals surface area contributed by atoms with Gasteiger partial charge in [0, 0.05) is 18.8 Å². The van der Waals surface area contributed by atoms with Crippen LogP contribution in [0.25, 0.3) is 0 Å². The highest BCUT2D eigenvalue weighted by atomic mass is 79.9. The van der Waals surface area contributed by atoms with Crippen LogP contribution in [0.15, 0.2) is 10.7 Å². The molecule has 0 saturated carbocycles. The number of rotatable bonds is 3. The van der Waals surface area contributed by atoms with E-state index in [0.717, 1.165) is 23.1 Å². The SMILES string of the molecule is CC1CCC(C(N)=O)CN1c1nc(NN)ncc1Br. The van der Waals surface area contributed by atoms with E-state index in [2.05, 4.69) is 43.1 Å². The monoisotopic (exact) mass is 328 g/mol. The summed E-state index contributed by atoms with van der Waals surface area (Å²) in [6.45, 7) is 2.66. The van der Waals surface area contributed by atoms with Crippen LogP contribution in [0.5, 0.6) is 0 Å². The molecule has 0 bridgehead atoms. The number of primary amides is 1. The molecule has 8 heteroatoms. The molecule has 1 aliphatic rings. The van der Waals surface area contributed by atoms with Crippen LogP contribution in [0.4, 0.5) is 11.8 Å². The molecule has 19 heavy (non-hydrogen) atoms. The number of nitrogen functional groups attached to an aromatic ring is 1. The van der Waals surface area contributed by atoms with Crippen molar-refractivity contribution in [2.45, 2.75) is 25.8 Å². The van der Waals surface area contributed by atoms with Crippen LogP contribution in [-0.4, -0.2) is 28.5 Å². The molecule has 104 valence electrons. The number of nitrogens with two attached hydrogens (primary N) is 2. The van der Waals surface area contributed by atoms with Gasteiger partial charge >= 0.3 is 0 Å². The lowest BCUT2D eigenvalue weighted by Gasteiger charge is -2.38. The summed E-state index contributed by atoms with van der Waals surface area (Å²) in [6.07, 6.45) is 3.35. The van der Waals surface area contributed by atoms with Crippen molar-refractivity contribution >= 4 is 33.6 Å². The average molecular weight is 329 g/mol. The normalized spacial score (nSPS) is 23.2. The van der Waals surface area contributed by atoms with E-state index in [1.54, 1.807) is 6.20 Å². The maximum Gasteiger partial charge on any atom is 0.239 e. The molecular weight excluding hydrogens is 312 g/mol. The largest absolute Gasteiger partial charge is 0.369 e. The molecule has 2 heterocycles. The highest BCUT2D eigenvalue weighted by Crippen LogP contribution is 2.31. The first kappa shape index (κ1) is 14.0. The molecule has 1 aliphatic heterocycles. The van der Waals surface area contributed by atoms with Gasteiger partial charge in [-0.05, 0) is 35.7 Å². The molecule has 1 aromatic heterocycles. The molecule has 1 aromatic rings. The van der Waals surface area contributed by atoms with Gasteiger partial charge in [-0.25, -0.2) is 10.8 Å². The number of carbonyl (C=O) groups excluding carboxylic acids is 1. The van der Waals surface area contributed by atoms with Crippen molar-refractivity contribution < 1.29 is 4.79 Å². The zero-order valence-corrected chi connectivity index (χ0v) is 12.2. The standard InChI is InChI=1S/C11H17BrN6O/c1-6-2-3-7(9(13)19)5-18(6)10-8(12)4-15-11(16-10)17-14/h4,6-7H,2-3,5,14H2,1H3,(H2,13,19)(H,15,16,17). The van der Waals surface area contributed by atoms with E-state index in [9.17, 15) is 4.79 Å². The van der Waals surface area contributed by atoms with E-state index >= 15 is 0 Å². The Hall–Kier alpha value is -1.41. The molecule has 5 N–H and O–H groups in total. The van der Waals surface area contributed by atoms with Crippen LogP contribution < -0.4 is 21.9 Å². The quantitative estimate of drug-likeness (QED) is 0.554. The van der Waals surface area contributed by atoms with E-state index in [1.165, 1.54) is 0 Å². The number of nitrogens with one attached hydrogen (secondary N) is 1. The first-order valence-electron chi connectivity index (χ1n) is 6.08. The Labute approximate surface area is 119 Å². The van der Waals surface area contributed by atoms with Gasteiger partial charge in [0.1, 0.15) is 5.82 Å². The molecule has 2 atom stereocenters. The highest BCUT2D eigenvalue weighted by Gasteiger charge is 2.30. The van der Waals surface area contributed by atoms with Gasteiger partial charge in [-0.15, -0.1) is 0 Å². The lowest BCUT2D eigenvalue weighted by Crippen LogP contribution is -2.46. The number of halogens is 1. The van der Waals surface area contributed by atoms with Gasteiger partial charge in [0.15, 0.2) is 0 Å². The number of aromatic nitrogens is 2. The number of anilines is 2. The third-order valence-electron chi connectivity index (χ3n) is 3.41. The van der Waals surface area contributed by atoms with E-state index < -0.39 is 0 Å². The van der Waals surface area contributed by atoms with Crippen LogP contribution in [0.2, 0.25) is 0 Å². The fourth-order valence-electron chi connectivity index (χ4n) is 2.26. The fraction of sp³-hybridized carbons (Fsp3) is 0.545. The Balaban J connectivity index is 2.30. The second-order valence-corrected chi connectivity index (χ2v) is 5.54. The third-order valence-corrected chi connectivity index (χ3v) is 3.97. The first-order chi connectivity index (χ1) is 9.02. The number of hydrazine groups is 1. The van der Waals surface area contributed by atoms with E-state index in [-0.39, 0.29) is 17.9 Å². The van der Waals surface area contributed by atoms with Crippen LogP contribution >= 0.6 is 15.9 Å². The first-order valence-corrected chi connectivity index (χ1v) is 6.87. The third kappa shape index (κ3) is 2.95. The van der Waals surface area contributed by atoms with Crippen molar-refractivity contribution in [1.29, 1.82) is 0 Å². The minimum absolute atomic E-state index is 0.146. The molecule has 0 aromatic carbocycles. The van der Waals surface area contributed by atoms with Crippen LogP contribution in [-0.2, 0) is 4.79 Å². The van der Waals surface area contributed by atoms with Crippen molar-refractivity contribution in [2.75, 3.05) is 16.9 Å². The predicted molar refractivity (Wildman–Crippen MR) is 76.3 cm³/mol. The maximum atomic E-state index is 11.4. The molecular formula is C11H17BrN6O. The Morgan fingerprint density at radius 1 is 1.58 bits per heavy atom. The summed E-state index contributed by atoms with van der Waals surface area (Å²) in [6, 6.07) is 0.285. The van der Waals surface area contributed by atoms with Gasteiger partial charge in [0.2, 0.25) is 11.9 Å². The number of nitrogens with zero attached hydrogens (tertiary/aromatic N) is 3. The smallest absolute Gasteiger partial charge is 0.239 e. The van der Waals surface area contributed by atoms with E-state index in [1.807, 2.05) is 0 Å². The Morgan fingerprint density at radius 3 is 2.95 bits per heavy atom. The van der Waals surface area contributed by atoms with Crippen LogP contribution in [0, 0.1) is 5.92 Å². The molecule has 0 radical (unpaired) electrons. The molecule has 0 spiro atoms. The molecule has 7 nitrogen and oxygen atoms in total. The minimum Gasteiger partial charge on any atom is -0.369 e. The Bertz CT molecular complexity index is 482. The number of carbonyl (C=O) groups is 1. The molecule has 1 saturated heterocycles. The second kappa shape index (κ2) is 5.70. The topological polar surface area (TPSA) is 110 Å². The fourth-order valence-corrected chi connectivity index (χ4v) is 2.68. The lowest BCUT2D eigenvalue weighted by molar-refractivity contribution is -0.122. The lowest BCUT2D eigenvalue weighted by atomic mass is 9.93. The van der Waals surface area contributed by atoms with Gasteiger partial charge in [-0.2, -0.15) is 4.98 Å². The van der Waals surface area contributed by atoms with Gasteiger partial charge in [-0.1, -0.05) is 0 Å². The molecule has 0 aliphatic carbocycles. The van der Waals surface area contributed by atoms with Crippen molar-refractivity contribution in [3.63, 3.8) is 0 Å². The zero-order chi connectivity index (χ0) is 14.0.